The lowest BCUT2D eigenvalue weighted by molar-refractivity contribution is 0.0911. The van der Waals surface area contributed by atoms with Crippen LogP contribution < -0.4 is 10.5 Å². The van der Waals surface area contributed by atoms with E-state index in [1.54, 1.807) is 0 Å². The smallest absolute Gasteiger partial charge is 0.214 e. The fourth-order valence-electron chi connectivity index (χ4n) is 1.01. The van der Waals surface area contributed by atoms with Crippen LogP contribution in [0, 0.1) is 0 Å². The van der Waals surface area contributed by atoms with Crippen LogP contribution in [-0.4, -0.2) is 43.5 Å². The SMILES string of the molecule is CC(C)OCCS(=O)(=O)NC(C)(C)C(N)=NO. The molecule has 0 radical (unpaired) electrons. The van der Waals surface area contributed by atoms with Crippen molar-refractivity contribution in [3.63, 3.8) is 0 Å². The molecule has 0 aliphatic rings. The van der Waals surface area contributed by atoms with Gasteiger partial charge in [0.1, 0.15) is 0 Å². The second kappa shape index (κ2) is 6.18. The largest absolute Gasteiger partial charge is 0.409 e. The van der Waals surface area contributed by atoms with Crippen LogP contribution in [0.5, 0.6) is 0 Å². The summed E-state index contributed by atoms with van der Waals surface area (Å²) in [5.41, 5.74) is 4.24. The Kier molecular flexibility index (Phi) is 5.86. The van der Waals surface area contributed by atoms with Gasteiger partial charge in [0.25, 0.3) is 0 Å². The normalized spacial score (nSPS) is 14.3. The maximum atomic E-state index is 11.7. The zero-order chi connectivity index (χ0) is 13.7. The molecule has 0 aromatic rings. The molecule has 17 heavy (non-hydrogen) atoms. The van der Waals surface area contributed by atoms with Crippen LogP contribution in [-0.2, 0) is 14.8 Å². The minimum Gasteiger partial charge on any atom is -0.409 e. The van der Waals surface area contributed by atoms with E-state index in [1.165, 1.54) is 13.8 Å². The first-order valence-electron chi connectivity index (χ1n) is 5.22. The van der Waals surface area contributed by atoms with Crippen LogP contribution in [0.2, 0.25) is 0 Å². The van der Waals surface area contributed by atoms with Crippen molar-refractivity contribution in [2.24, 2.45) is 10.9 Å². The molecule has 0 unspecified atom stereocenters. The summed E-state index contributed by atoms with van der Waals surface area (Å²) in [6, 6.07) is 0. The number of sulfonamides is 1. The van der Waals surface area contributed by atoms with Crippen LogP contribution in [0.1, 0.15) is 27.7 Å². The maximum absolute atomic E-state index is 11.7. The molecular formula is C9H21N3O4S. The summed E-state index contributed by atoms with van der Waals surface area (Å²) in [6.45, 7) is 6.74. The minimum absolute atomic E-state index is 0.0257. The van der Waals surface area contributed by atoms with Gasteiger partial charge in [-0.1, -0.05) is 5.16 Å². The molecule has 0 spiro atoms. The van der Waals surface area contributed by atoms with Crippen molar-refractivity contribution in [2.75, 3.05) is 12.4 Å². The Morgan fingerprint density at radius 3 is 2.47 bits per heavy atom. The number of hydrogen-bond donors (Lipinski definition) is 3. The van der Waals surface area contributed by atoms with E-state index in [0.29, 0.717) is 0 Å². The van der Waals surface area contributed by atoms with E-state index in [2.05, 4.69) is 9.88 Å². The van der Waals surface area contributed by atoms with Gasteiger partial charge in [0.2, 0.25) is 10.0 Å². The van der Waals surface area contributed by atoms with Crippen LogP contribution in [0.15, 0.2) is 5.16 Å². The fraction of sp³-hybridized carbons (Fsp3) is 0.889. The predicted molar refractivity (Wildman–Crippen MR) is 65.5 cm³/mol. The fourth-order valence-corrected chi connectivity index (χ4v) is 2.31. The molecule has 0 aliphatic carbocycles. The minimum atomic E-state index is -3.54. The summed E-state index contributed by atoms with van der Waals surface area (Å²) >= 11 is 0. The van der Waals surface area contributed by atoms with Crippen LogP contribution in [0.4, 0.5) is 0 Å². The number of ether oxygens (including phenoxy) is 1. The average Bonchev–Trinajstić information content (AvgIpc) is 2.13. The molecule has 0 saturated heterocycles. The van der Waals surface area contributed by atoms with Gasteiger partial charge in [0.15, 0.2) is 5.84 Å². The summed E-state index contributed by atoms with van der Waals surface area (Å²) in [6.07, 6.45) is -0.0257. The highest BCUT2D eigenvalue weighted by molar-refractivity contribution is 7.89. The van der Waals surface area contributed by atoms with Gasteiger partial charge >= 0.3 is 0 Å². The maximum Gasteiger partial charge on any atom is 0.214 e. The van der Waals surface area contributed by atoms with Gasteiger partial charge in [-0.15, -0.1) is 0 Å². The molecule has 0 fully saturated rings. The zero-order valence-corrected chi connectivity index (χ0v) is 11.4. The predicted octanol–water partition coefficient (Wildman–Crippen LogP) is -0.144. The highest BCUT2D eigenvalue weighted by Gasteiger charge is 2.29. The molecule has 0 rings (SSSR count). The number of rotatable bonds is 7. The van der Waals surface area contributed by atoms with Crippen molar-refractivity contribution in [1.29, 1.82) is 0 Å². The van der Waals surface area contributed by atoms with E-state index in [4.69, 9.17) is 15.7 Å². The van der Waals surface area contributed by atoms with Crippen molar-refractivity contribution < 1.29 is 18.4 Å². The molecule has 0 atom stereocenters. The van der Waals surface area contributed by atoms with Gasteiger partial charge < -0.3 is 15.7 Å². The summed E-state index contributed by atoms with van der Waals surface area (Å²) in [4.78, 5) is 0. The van der Waals surface area contributed by atoms with E-state index in [-0.39, 0.29) is 24.3 Å². The third kappa shape index (κ3) is 6.44. The second-order valence-corrected chi connectivity index (χ2v) is 6.29. The molecule has 102 valence electrons. The average molecular weight is 267 g/mol. The van der Waals surface area contributed by atoms with Gasteiger partial charge in [0, 0.05) is 0 Å². The Bertz CT molecular complexity index is 362. The van der Waals surface area contributed by atoms with E-state index in [0.717, 1.165) is 0 Å². The van der Waals surface area contributed by atoms with Crippen molar-refractivity contribution in [1.82, 2.24) is 4.72 Å². The van der Waals surface area contributed by atoms with Crippen molar-refractivity contribution >= 4 is 15.9 Å². The number of oxime groups is 1. The van der Waals surface area contributed by atoms with Crippen molar-refractivity contribution in [2.45, 2.75) is 39.3 Å². The summed E-state index contributed by atoms with van der Waals surface area (Å²) in [5.74, 6) is -0.376. The lowest BCUT2D eigenvalue weighted by Crippen LogP contribution is -2.53. The molecule has 0 amide bonds. The van der Waals surface area contributed by atoms with E-state index >= 15 is 0 Å². The topological polar surface area (TPSA) is 114 Å². The zero-order valence-electron chi connectivity index (χ0n) is 10.6. The summed E-state index contributed by atoms with van der Waals surface area (Å²) < 4.78 is 30.8. The Morgan fingerprint density at radius 1 is 1.53 bits per heavy atom. The third-order valence-electron chi connectivity index (χ3n) is 1.96. The highest BCUT2D eigenvalue weighted by atomic mass is 32.2. The third-order valence-corrected chi connectivity index (χ3v) is 3.49. The molecule has 7 nitrogen and oxygen atoms in total. The summed E-state index contributed by atoms with van der Waals surface area (Å²) in [5, 5.41) is 11.3. The molecule has 4 N–H and O–H groups in total. The molecule has 0 aliphatic heterocycles. The van der Waals surface area contributed by atoms with E-state index in [9.17, 15) is 8.42 Å². The van der Waals surface area contributed by atoms with Gasteiger partial charge in [0.05, 0.1) is 24.0 Å². The van der Waals surface area contributed by atoms with Gasteiger partial charge in [-0.05, 0) is 27.7 Å². The van der Waals surface area contributed by atoms with Crippen molar-refractivity contribution in [3.05, 3.63) is 0 Å². The Balaban J connectivity index is 4.45. The first kappa shape index (κ1) is 16.1. The molecule has 8 heteroatoms. The van der Waals surface area contributed by atoms with Crippen LogP contribution in [0.25, 0.3) is 0 Å². The van der Waals surface area contributed by atoms with Gasteiger partial charge in [-0.2, -0.15) is 0 Å². The summed E-state index contributed by atoms with van der Waals surface area (Å²) in [7, 11) is -3.54. The second-order valence-electron chi connectivity index (χ2n) is 4.45. The van der Waals surface area contributed by atoms with Crippen LogP contribution in [0.3, 0.4) is 0 Å². The molecular weight excluding hydrogens is 246 g/mol. The number of nitrogens with zero attached hydrogens (tertiary/aromatic N) is 1. The van der Waals surface area contributed by atoms with E-state index in [1.807, 2.05) is 13.8 Å². The molecule has 0 aromatic carbocycles. The quantitative estimate of drug-likeness (QED) is 0.257. The van der Waals surface area contributed by atoms with Gasteiger partial charge in [-0.3, -0.25) is 0 Å². The first-order chi connectivity index (χ1) is 7.60. The first-order valence-corrected chi connectivity index (χ1v) is 6.87. The number of nitrogens with two attached hydrogens (primary N) is 1. The molecule has 0 aromatic heterocycles. The number of nitrogens with one attached hydrogen (secondary N) is 1. The van der Waals surface area contributed by atoms with Crippen LogP contribution >= 0.6 is 0 Å². The Morgan fingerprint density at radius 2 is 2.06 bits per heavy atom. The Labute approximate surface area is 102 Å². The lowest BCUT2D eigenvalue weighted by atomic mass is 10.1. The van der Waals surface area contributed by atoms with Gasteiger partial charge in [-0.25, -0.2) is 13.1 Å². The van der Waals surface area contributed by atoms with Crippen molar-refractivity contribution in [3.8, 4) is 0 Å². The Hall–Kier alpha value is -0.860. The highest BCUT2D eigenvalue weighted by Crippen LogP contribution is 2.05. The lowest BCUT2D eigenvalue weighted by Gasteiger charge is -2.24. The number of amidine groups is 1. The molecule has 0 saturated carbocycles. The molecule has 0 bridgehead atoms. The number of hydrogen-bond acceptors (Lipinski definition) is 5. The monoisotopic (exact) mass is 267 g/mol. The van der Waals surface area contributed by atoms with E-state index < -0.39 is 15.6 Å². The standard InChI is InChI=1S/C9H21N3O4S/c1-7(2)16-5-6-17(14,15)12-9(3,4)8(10)11-13/h7,12-13H,5-6H2,1-4H3,(H2,10,11). The molecule has 0 heterocycles.